The van der Waals surface area contributed by atoms with Gasteiger partial charge in [0.1, 0.15) is 0 Å². The molecular formula is C23H44N4. The highest BCUT2D eigenvalue weighted by Crippen LogP contribution is 2.12. The summed E-state index contributed by atoms with van der Waals surface area (Å²) in [7, 11) is 0. The van der Waals surface area contributed by atoms with Gasteiger partial charge in [-0.15, -0.1) is 0 Å². The second kappa shape index (κ2) is 18.1. The van der Waals surface area contributed by atoms with Gasteiger partial charge in [0, 0.05) is 29.3 Å². The third kappa shape index (κ3) is 17.8. The Kier molecular flexibility index (Phi) is 17.2. The molecule has 4 nitrogen and oxygen atoms in total. The van der Waals surface area contributed by atoms with Crippen molar-refractivity contribution in [3.05, 3.63) is 0 Å². The second-order valence-corrected chi connectivity index (χ2v) is 7.89. The van der Waals surface area contributed by atoms with Gasteiger partial charge in [-0.25, -0.2) is 0 Å². The Bertz CT molecular complexity index is 467. The summed E-state index contributed by atoms with van der Waals surface area (Å²) in [6, 6.07) is 0. The Hall–Kier alpha value is -1.32. The predicted octanol–water partition coefficient (Wildman–Crippen LogP) is 7.77. The Labute approximate surface area is 168 Å². The Morgan fingerprint density at radius 3 is 1.41 bits per heavy atom. The van der Waals surface area contributed by atoms with Gasteiger partial charge in [-0.05, 0) is 53.4 Å². The smallest absolute Gasteiger partial charge is 0.0431 e. The fourth-order valence-corrected chi connectivity index (χ4v) is 2.87. The van der Waals surface area contributed by atoms with Crippen LogP contribution in [-0.2, 0) is 0 Å². The number of nitrogens with zero attached hydrogens (tertiary/aromatic N) is 4. The highest BCUT2D eigenvalue weighted by Gasteiger charge is 2.02. The van der Waals surface area contributed by atoms with Crippen molar-refractivity contribution < 1.29 is 0 Å². The standard InChI is InChI=1S/C23H44N4/c1-7-9-11-13-15-17-23(18-16-14-12-10-8-2)27-26-22(6)19-21(5)25-24-20(3)4/h7-19H2,1-6H3/b25-21+,26-22+. The van der Waals surface area contributed by atoms with Crippen molar-refractivity contribution in [2.45, 2.75) is 125 Å². The van der Waals surface area contributed by atoms with Gasteiger partial charge in [-0.2, -0.15) is 20.4 Å². The first-order valence-corrected chi connectivity index (χ1v) is 11.1. The molecule has 4 heteroatoms. The monoisotopic (exact) mass is 376 g/mol. The minimum atomic E-state index is 0.737. The third-order valence-electron chi connectivity index (χ3n) is 4.43. The number of hydrogen-bond acceptors (Lipinski definition) is 4. The van der Waals surface area contributed by atoms with Crippen LogP contribution in [-0.4, -0.2) is 22.8 Å². The van der Waals surface area contributed by atoms with E-state index >= 15 is 0 Å². The lowest BCUT2D eigenvalue weighted by molar-refractivity contribution is 0.627. The quantitative estimate of drug-likeness (QED) is 0.150. The molecule has 0 rings (SSSR count). The molecule has 0 unspecified atom stereocenters. The van der Waals surface area contributed by atoms with Gasteiger partial charge in [-0.3, -0.25) is 0 Å². The molecule has 0 aliphatic carbocycles. The van der Waals surface area contributed by atoms with Crippen LogP contribution in [0, 0.1) is 0 Å². The van der Waals surface area contributed by atoms with Crippen LogP contribution < -0.4 is 0 Å². The first-order valence-electron chi connectivity index (χ1n) is 11.1. The molecule has 0 radical (unpaired) electrons. The van der Waals surface area contributed by atoms with Gasteiger partial charge in [0.25, 0.3) is 0 Å². The normalized spacial score (nSPS) is 12.2. The van der Waals surface area contributed by atoms with Gasteiger partial charge >= 0.3 is 0 Å². The average molecular weight is 377 g/mol. The summed E-state index contributed by atoms with van der Waals surface area (Å²) in [5.74, 6) is 0. The van der Waals surface area contributed by atoms with E-state index in [4.69, 9.17) is 0 Å². The van der Waals surface area contributed by atoms with Gasteiger partial charge in [0.2, 0.25) is 0 Å². The van der Waals surface area contributed by atoms with Gasteiger partial charge < -0.3 is 0 Å². The van der Waals surface area contributed by atoms with E-state index in [2.05, 4.69) is 34.3 Å². The Balaban J connectivity index is 4.63. The molecule has 0 N–H and O–H groups in total. The van der Waals surface area contributed by atoms with Crippen molar-refractivity contribution in [2.24, 2.45) is 20.4 Å². The first-order chi connectivity index (χ1) is 13.0. The van der Waals surface area contributed by atoms with E-state index in [0.717, 1.165) is 36.4 Å². The molecule has 0 aliphatic heterocycles. The van der Waals surface area contributed by atoms with Crippen LogP contribution in [0.2, 0.25) is 0 Å². The van der Waals surface area contributed by atoms with Crippen molar-refractivity contribution in [3.8, 4) is 0 Å². The molecule has 0 aromatic carbocycles. The summed E-state index contributed by atoms with van der Waals surface area (Å²) in [6.45, 7) is 12.5. The molecule has 156 valence electrons. The van der Waals surface area contributed by atoms with Crippen LogP contribution in [0.25, 0.3) is 0 Å². The van der Waals surface area contributed by atoms with Crippen molar-refractivity contribution in [1.29, 1.82) is 0 Å². The van der Waals surface area contributed by atoms with E-state index in [1.165, 1.54) is 69.9 Å². The van der Waals surface area contributed by atoms with E-state index in [9.17, 15) is 0 Å². The zero-order valence-electron chi connectivity index (χ0n) is 19.0. The summed E-state index contributed by atoms with van der Waals surface area (Å²) in [5.41, 5.74) is 4.23. The topological polar surface area (TPSA) is 49.4 Å². The van der Waals surface area contributed by atoms with Crippen LogP contribution in [0.3, 0.4) is 0 Å². The minimum Gasteiger partial charge on any atom is -0.161 e. The molecule has 0 amide bonds. The largest absolute Gasteiger partial charge is 0.161 e. The fourth-order valence-electron chi connectivity index (χ4n) is 2.87. The summed E-state index contributed by atoms with van der Waals surface area (Å²) < 4.78 is 0. The number of rotatable bonds is 16. The minimum absolute atomic E-state index is 0.737. The van der Waals surface area contributed by atoms with Crippen molar-refractivity contribution in [2.75, 3.05) is 0 Å². The molecule has 0 aromatic heterocycles. The summed E-state index contributed by atoms with van der Waals surface area (Å²) in [5, 5.41) is 17.5. The van der Waals surface area contributed by atoms with Crippen LogP contribution >= 0.6 is 0 Å². The summed E-state index contributed by atoms with van der Waals surface area (Å²) >= 11 is 0. The van der Waals surface area contributed by atoms with E-state index < -0.39 is 0 Å². The summed E-state index contributed by atoms with van der Waals surface area (Å²) in [4.78, 5) is 0. The van der Waals surface area contributed by atoms with Crippen molar-refractivity contribution >= 4 is 22.8 Å². The maximum atomic E-state index is 4.62. The second-order valence-electron chi connectivity index (χ2n) is 7.89. The number of unbranched alkanes of at least 4 members (excludes halogenated alkanes) is 8. The average Bonchev–Trinajstić information content (AvgIpc) is 2.63. The Morgan fingerprint density at radius 1 is 0.519 bits per heavy atom. The molecule has 27 heavy (non-hydrogen) atoms. The highest BCUT2D eigenvalue weighted by molar-refractivity contribution is 6.02. The maximum Gasteiger partial charge on any atom is 0.0431 e. The lowest BCUT2D eigenvalue weighted by atomic mass is 10.0. The number of hydrogen-bond donors (Lipinski definition) is 0. The summed E-state index contributed by atoms with van der Waals surface area (Å²) in [6.07, 6.45) is 16.0. The molecule has 0 spiro atoms. The maximum absolute atomic E-state index is 4.62. The predicted molar refractivity (Wildman–Crippen MR) is 124 cm³/mol. The van der Waals surface area contributed by atoms with Gasteiger partial charge in [0.05, 0.1) is 0 Å². The van der Waals surface area contributed by atoms with Crippen molar-refractivity contribution in [1.82, 2.24) is 0 Å². The van der Waals surface area contributed by atoms with E-state index in [1.54, 1.807) is 0 Å². The Morgan fingerprint density at radius 2 is 0.963 bits per heavy atom. The van der Waals surface area contributed by atoms with Crippen LogP contribution in [0.5, 0.6) is 0 Å². The molecule has 0 aromatic rings. The zero-order valence-corrected chi connectivity index (χ0v) is 19.0. The molecule has 0 fully saturated rings. The lowest BCUT2D eigenvalue weighted by Gasteiger charge is -2.06. The SMILES string of the molecule is CCCCCCCC(CCCCCCC)=N/N=C(\C)C/C(C)=N/N=C(C)C. The molecule has 0 saturated heterocycles. The molecular weight excluding hydrogens is 332 g/mol. The third-order valence-corrected chi connectivity index (χ3v) is 4.43. The van der Waals surface area contributed by atoms with E-state index in [1.807, 2.05) is 27.7 Å². The van der Waals surface area contributed by atoms with Crippen molar-refractivity contribution in [3.63, 3.8) is 0 Å². The zero-order chi connectivity index (χ0) is 20.3. The molecule has 0 aliphatic rings. The molecule has 0 heterocycles. The van der Waals surface area contributed by atoms with Gasteiger partial charge in [-0.1, -0.05) is 65.2 Å². The molecule has 0 bridgehead atoms. The first kappa shape index (κ1) is 25.7. The van der Waals surface area contributed by atoms with Crippen LogP contribution in [0.15, 0.2) is 20.4 Å². The lowest BCUT2D eigenvalue weighted by Crippen LogP contribution is -2.02. The molecule has 0 saturated carbocycles. The van der Waals surface area contributed by atoms with E-state index in [-0.39, 0.29) is 0 Å². The highest BCUT2D eigenvalue weighted by atomic mass is 15.2. The van der Waals surface area contributed by atoms with Crippen LogP contribution in [0.4, 0.5) is 0 Å². The van der Waals surface area contributed by atoms with E-state index in [0.29, 0.717) is 0 Å². The van der Waals surface area contributed by atoms with Gasteiger partial charge in [0.15, 0.2) is 0 Å². The van der Waals surface area contributed by atoms with Crippen LogP contribution in [0.1, 0.15) is 125 Å². The molecule has 0 atom stereocenters. The fraction of sp³-hybridized carbons (Fsp3) is 0.826.